The molecule has 0 aromatic heterocycles. The Labute approximate surface area is 103 Å². The van der Waals surface area contributed by atoms with Crippen LogP contribution in [0.25, 0.3) is 0 Å². The van der Waals surface area contributed by atoms with Gasteiger partial charge in [0.2, 0.25) is 0 Å². The molecule has 13 heavy (non-hydrogen) atoms. The molecule has 0 aromatic rings. The Morgan fingerprint density at radius 1 is 0.846 bits per heavy atom. The zero-order valence-electron chi connectivity index (χ0n) is 6.10. The predicted octanol–water partition coefficient (Wildman–Crippen LogP) is -1.24. The number of ketones is 2. The van der Waals surface area contributed by atoms with Gasteiger partial charge < -0.3 is 10.2 Å². The number of Topliss-reactive ketones (excluding diaryl/α,β-unsaturated/α-hetero) is 2. The van der Waals surface area contributed by atoms with Crippen molar-refractivity contribution in [3.63, 3.8) is 0 Å². The van der Waals surface area contributed by atoms with Crippen LogP contribution in [0.3, 0.4) is 0 Å². The Kier molecular flexibility index (Phi) is 4.41. The molecule has 1 aliphatic rings. The summed E-state index contributed by atoms with van der Waals surface area (Å²) in [4.78, 5) is 21.4. The monoisotopic (exact) mass is 408 g/mol. The number of carbonyl (C=O) groups is 2. The molecule has 0 saturated heterocycles. The SMILES string of the molecule is O=C1C([O-])=C(Cl)C(=O)C([O-])=C1Cl.[Hg+2]. The van der Waals surface area contributed by atoms with Crippen LogP contribution in [0.2, 0.25) is 0 Å². The minimum absolute atomic E-state index is 0. The van der Waals surface area contributed by atoms with Crippen LogP contribution in [0.15, 0.2) is 21.6 Å². The molecule has 1 rings (SSSR count). The van der Waals surface area contributed by atoms with E-state index in [1.807, 2.05) is 0 Å². The Morgan fingerprint density at radius 2 is 1.08 bits per heavy atom. The quantitative estimate of drug-likeness (QED) is 0.372. The van der Waals surface area contributed by atoms with Crippen molar-refractivity contribution in [3.05, 3.63) is 21.6 Å². The van der Waals surface area contributed by atoms with E-state index in [1.165, 1.54) is 0 Å². The normalized spacial score (nSPS) is 17.7. The second-order valence-electron chi connectivity index (χ2n) is 1.94. The first-order chi connectivity index (χ1) is 5.46. The van der Waals surface area contributed by atoms with Gasteiger partial charge in [0.1, 0.15) is 0 Å². The minimum Gasteiger partial charge on any atom is -0.869 e. The zero-order valence-corrected chi connectivity index (χ0v) is 13.1. The van der Waals surface area contributed by atoms with Gasteiger partial charge in [0, 0.05) is 0 Å². The number of halogens is 2. The maximum Gasteiger partial charge on any atom is 2.00 e. The van der Waals surface area contributed by atoms with Gasteiger partial charge >= 0.3 is 27.7 Å². The van der Waals surface area contributed by atoms with E-state index >= 15 is 0 Å². The van der Waals surface area contributed by atoms with E-state index in [0.717, 1.165) is 0 Å². The van der Waals surface area contributed by atoms with E-state index < -0.39 is 33.1 Å². The summed E-state index contributed by atoms with van der Waals surface area (Å²) in [5.41, 5.74) is 0. The molecule has 64 valence electrons. The van der Waals surface area contributed by atoms with E-state index in [4.69, 9.17) is 23.2 Å². The van der Waals surface area contributed by atoms with Gasteiger partial charge in [-0.05, 0) is 11.5 Å². The third kappa shape index (κ3) is 2.06. The molecule has 0 saturated carbocycles. The van der Waals surface area contributed by atoms with Gasteiger partial charge in [-0.15, -0.1) is 0 Å². The Bertz CT molecular complexity index is 283. The first kappa shape index (κ1) is 12.9. The summed E-state index contributed by atoms with van der Waals surface area (Å²) in [6, 6.07) is 0. The van der Waals surface area contributed by atoms with E-state index in [2.05, 4.69) is 0 Å². The number of rotatable bonds is 0. The van der Waals surface area contributed by atoms with Crippen LogP contribution in [0.4, 0.5) is 0 Å². The van der Waals surface area contributed by atoms with E-state index in [9.17, 15) is 19.8 Å². The van der Waals surface area contributed by atoms with Gasteiger partial charge in [-0.3, -0.25) is 9.59 Å². The van der Waals surface area contributed by atoms with Crippen molar-refractivity contribution >= 4 is 34.8 Å². The fraction of sp³-hybridized carbons (Fsp3) is 0. The average molecular weight is 408 g/mol. The van der Waals surface area contributed by atoms with Gasteiger partial charge in [0.05, 0.1) is 10.1 Å². The molecule has 0 fully saturated rings. The van der Waals surface area contributed by atoms with Crippen LogP contribution < -0.4 is 10.2 Å². The largest absolute Gasteiger partial charge is 2.00 e. The minimum atomic E-state index is -1.23. The second kappa shape index (κ2) is 4.44. The summed E-state index contributed by atoms with van der Waals surface area (Å²) in [7, 11) is 0. The van der Waals surface area contributed by atoms with Crippen molar-refractivity contribution < 1.29 is 47.5 Å². The van der Waals surface area contributed by atoms with E-state index in [1.54, 1.807) is 0 Å². The topological polar surface area (TPSA) is 80.3 Å². The van der Waals surface area contributed by atoms with Crippen LogP contribution in [0, 0.1) is 0 Å². The van der Waals surface area contributed by atoms with Gasteiger partial charge in [-0.2, -0.15) is 0 Å². The molecule has 0 aromatic carbocycles. The van der Waals surface area contributed by atoms with Crippen molar-refractivity contribution in [2.24, 2.45) is 0 Å². The molecule has 0 unspecified atom stereocenters. The van der Waals surface area contributed by atoms with Crippen molar-refractivity contribution in [3.8, 4) is 0 Å². The summed E-state index contributed by atoms with van der Waals surface area (Å²) in [5.74, 6) is -4.92. The predicted molar refractivity (Wildman–Crippen MR) is 35.8 cm³/mol. The fourth-order valence-electron chi connectivity index (χ4n) is 0.605. The third-order valence-corrected chi connectivity index (χ3v) is 1.90. The van der Waals surface area contributed by atoms with Gasteiger partial charge in [0.15, 0.2) is 11.6 Å². The fourth-order valence-corrected chi connectivity index (χ4v) is 0.948. The zero-order chi connectivity index (χ0) is 9.46. The molecule has 0 N–H and O–H groups in total. The first-order valence-electron chi connectivity index (χ1n) is 2.69. The van der Waals surface area contributed by atoms with E-state index in [0.29, 0.717) is 0 Å². The molecule has 0 heterocycles. The molecule has 0 bridgehead atoms. The molecule has 0 radical (unpaired) electrons. The maximum absolute atomic E-state index is 10.7. The molecule has 4 nitrogen and oxygen atoms in total. The van der Waals surface area contributed by atoms with Crippen LogP contribution >= 0.6 is 23.2 Å². The number of hydrogen-bond donors (Lipinski definition) is 0. The van der Waals surface area contributed by atoms with Crippen molar-refractivity contribution in [2.75, 3.05) is 0 Å². The number of carbonyl (C=O) groups excluding carboxylic acids is 2. The smallest absolute Gasteiger partial charge is 0.869 e. The van der Waals surface area contributed by atoms with Crippen LogP contribution in [-0.2, 0) is 37.3 Å². The second-order valence-corrected chi connectivity index (χ2v) is 2.70. The number of allylic oxidation sites excluding steroid dienone is 2. The standard InChI is InChI=1S/C6H2Cl2O4.Hg/c7-1-3(9)5(11)2(8)6(12)4(1)10;/h9,12H;/q;+2/p-2. The molecule has 0 amide bonds. The third-order valence-electron chi connectivity index (χ3n) is 1.21. The van der Waals surface area contributed by atoms with Crippen LogP contribution in [0.1, 0.15) is 0 Å². The van der Waals surface area contributed by atoms with Crippen LogP contribution in [0.5, 0.6) is 0 Å². The van der Waals surface area contributed by atoms with Gasteiger partial charge in [-0.1, -0.05) is 23.2 Å². The van der Waals surface area contributed by atoms with Gasteiger partial charge in [0.25, 0.3) is 0 Å². The Morgan fingerprint density at radius 3 is 1.31 bits per heavy atom. The first-order valence-corrected chi connectivity index (χ1v) is 3.45. The summed E-state index contributed by atoms with van der Waals surface area (Å²) < 4.78 is 0. The van der Waals surface area contributed by atoms with Crippen molar-refractivity contribution in [1.82, 2.24) is 0 Å². The number of hydrogen-bond acceptors (Lipinski definition) is 4. The molecule has 0 spiro atoms. The maximum atomic E-state index is 10.7. The summed E-state index contributed by atoms with van der Waals surface area (Å²) in [5, 5.41) is 19.6. The average Bonchev–Trinajstić information content (AvgIpc) is 2.08. The molecule has 7 heteroatoms. The molecule has 0 atom stereocenters. The molecule has 0 aliphatic heterocycles. The van der Waals surface area contributed by atoms with Crippen molar-refractivity contribution in [2.45, 2.75) is 0 Å². The van der Waals surface area contributed by atoms with Crippen LogP contribution in [-0.4, -0.2) is 11.6 Å². The molecular weight excluding hydrogens is 408 g/mol. The Hall–Kier alpha value is -0.0649. The molecule has 1 aliphatic carbocycles. The summed E-state index contributed by atoms with van der Waals surface area (Å²) in [6.45, 7) is 0. The van der Waals surface area contributed by atoms with Crippen molar-refractivity contribution in [1.29, 1.82) is 0 Å². The van der Waals surface area contributed by atoms with E-state index in [-0.39, 0.29) is 27.7 Å². The molecular formula is C6Cl2HgO4. The van der Waals surface area contributed by atoms with Gasteiger partial charge in [-0.25, -0.2) is 0 Å². The Balaban J connectivity index is 0.00000144. The summed E-state index contributed by atoms with van der Waals surface area (Å²) in [6.07, 6.45) is 0. The summed E-state index contributed by atoms with van der Waals surface area (Å²) >= 11 is 10.2.